The molecule has 21 heavy (non-hydrogen) atoms. The first-order valence-electron chi connectivity index (χ1n) is 9.63. The smallest absolute Gasteiger partial charge is 0.387 e. The first-order valence-corrected chi connectivity index (χ1v) is 6.63. The van der Waals surface area contributed by atoms with Crippen molar-refractivity contribution in [2.45, 2.75) is 25.9 Å². The summed E-state index contributed by atoms with van der Waals surface area (Å²) in [6, 6.07) is 2.07. The van der Waals surface area contributed by atoms with Crippen molar-refractivity contribution < 1.29 is 31.2 Å². The summed E-state index contributed by atoms with van der Waals surface area (Å²) in [6.07, 6.45) is 2.61. The second kappa shape index (κ2) is 7.45. The Bertz CT molecular complexity index is 635. The number of halogens is 2. The van der Waals surface area contributed by atoms with Crippen LogP contribution in [0.25, 0.3) is 0 Å². The zero-order chi connectivity index (χ0) is 20.2. The van der Waals surface area contributed by atoms with Crippen molar-refractivity contribution in [2.24, 2.45) is 5.92 Å². The zero-order valence-electron chi connectivity index (χ0n) is 17.3. The van der Waals surface area contributed by atoms with Gasteiger partial charge in [0.15, 0.2) is 11.5 Å². The number of benzene rings is 1. The van der Waals surface area contributed by atoms with E-state index in [9.17, 15) is 8.78 Å². The predicted octanol–water partition coefficient (Wildman–Crippen LogP) is 2.85. The van der Waals surface area contributed by atoms with Crippen LogP contribution in [0.2, 0.25) is 0 Å². The lowest BCUT2D eigenvalue weighted by Crippen LogP contribution is -2.20. The molecule has 1 saturated carbocycles. The lowest BCUT2D eigenvalue weighted by molar-refractivity contribution is -0.0513. The zero-order valence-corrected chi connectivity index (χ0v) is 11.3. The van der Waals surface area contributed by atoms with Crippen LogP contribution in [-0.2, 0) is 6.42 Å². The summed E-state index contributed by atoms with van der Waals surface area (Å²) in [5.41, 5.74) is 0.301. The molecule has 0 aliphatic heterocycles. The van der Waals surface area contributed by atoms with Gasteiger partial charge in [-0.1, -0.05) is 0 Å². The second-order valence-corrected chi connectivity index (χ2v) is 4.89. The van der Waals surface area contributed by atoms with E-state index in [2.05, 4.69) is 10.1 Å². The third-order valence-corrected chi connectivity index (χ3v) is 3.26. The minimum atomic E-state index is -3.25. The molecule has 1 aliphatic carbocycles. The summed E-state index contributed by atoms with van der Waals surface area (Å²) in [7, 11) is -5.71. The van der Waals surface area contributed by atoms with E-state index in [0.29, 0.717) is 18.0 Å². The van der Waals surface area contributed by atoms with Crippen molar-refractivity contribution in [1.82, 2.24) is 5.32 Å². The van der Waals surface area contributed by atoms with Crippen LogP contribution < -0.4 is 19.5 Å². The van der Waals surface area contributed by atoms with Gasteiger partial charge in [0.2, 0.25) is 0 Å². The van der Waals surface area contributed by atoms with Crippen LogP contribution in [0.3, 0.4) is 0 Å². The highest BCUT2D eigenvalue weighted by Crippen LogP contribution is 2.36. The Morgan fingerprint density at radius 1 is 1.24 bits per heavy atom. The first-order chi connectivity index (χ1) is 12.4. The minimum Gasteiger partial charge on any atom is -0.496 e. The molecule has 0 saturated heterocycles. The van der Waals surface area contributed by atoms with Crippen LogP contribution in [-0.4, -0.2) is 33.8 Å². The van der Waals surface area contributed by atoms with Gasteiger partial charge < -0.3 is 19.5 Å². The maximum absolute atomic E-state index is 12.7. The molecule has 0 amide bonds. The summed E-state index contributed by atoms with van der Waals surface area (Å²) in [5, 5.41) is 3.20. The molecule has 0 spiro atoms. The standard InChI is InChI=1S/C15H21F2NO3/c1-19-12-8-14(21-15(16)17)13(20-2)7-11(12)5-6-18-9-10-3-4-10/h7-8,10,15,18H,3-6,9H2,1-2H3/i1D3,2D3. The lowest BCUT2D eigenvalue weighted by atomic mass is 10.1. The number of hydrogen-bond donors (Lipinski definition) is 1. The summed E-state index contributed by atoms with van der Waals surface area (Å²) >= 11 is 0. The number of alkyl halides is 2. The number of hydrogen-bond acceptors (Lipinski definition) is 4. The van der Waals surface area contributed by atoms with Crippen molar-refractivity contribution in [2.75, 3.05) is 27.2 Å². The van der Waals surface area contributed by atoms with Gasteiger partial charge in [-0.05, 0) is 49.9 Å². The third-order valence-electron chi connectivity index (χ3n) is 3.26. The van der Waals surface area contributed by atoms with Crippen LogP contribution in [0.4, 0.5) is 8.78 Å². The largest absolute Gasteiger partial charge is 0.496 e. The third kappa shape index (κ3) is 4.74. The SMILES string of the molecule is [2H]C([2H])([2H])Oc1cc(OC(F)F)c(OC([2H])([2H])[2H])cc1CCNCC1CC1. The number of ether oxygens (including phenoxy) is 3. The second-order valence-electron chi connectivity index (χ2n) is 4.89. The molecule has 4 nitrogen and oxygen atoms in total. The molecule has 0 bridgehead atoms. The van der Waals surface area contributed by atoms with Crippen molar-refractivity contribution in [3.05, 3.63) is 17.7 Å². The lowest BCUT2D eigenvalue weighted by Gasteiger charge is -2.15. The van der Waals surface area contributed by atoms with E-state index in [1.165, 1.54) is 0 Å². The first kappa shape index (κ1) is 9.46. The molecule has 0 radical (unpaired) electrons. The van der Waals surface area contributed by atoms with Gasteiger partial charge in [-0.25, -0.2) is 0 Å². The summed E-state index contributed by atoms with van der Waals surface area (Å²) in [6.45, 7) is -1.97. The predicted molar refractivity (Wildman–Crippen MR) is 75.5 cm³/mol. The molecule has 0 atom stereocenters. The molecule has 1 N–H and O–H groups in total. The average Bonchev–Trinajstić information content (AvgIpc) is 3.28. The highest BCUT2D eigenvalue weighted by molar-refractivity contribution is 5.50. The van der Waals surface area contributed by atoms with Gasteiger partial charge in [0.25, 0.3) is 0 Å². The van der Waals surface area contributed by atoms with E-state index in [0.717, 1.165) is 31.5 Å². The highest BCUT2D eigenvalue weighted by atomic mass is 19.3. The molecular weight excluding hydrogens is 280 g/mol. The minimum absolute atomic E-state index is 0.197. The van der Waals surface area contributed by atoms with E-state index in [-0.39, 0.29) is 12.2 Å². The Balaban J connectivity index is 2.27. The molecule has 0 aromatic heterocycles. The van der Waals surface area contributed by atoms with Crippen LogP contribution in [0.5, 0.6) is 17.2 Å². The molecule has 118 valence electrons. The van der Waals surface area contributed by atoms with E-state index in [1.54, 1.807) is 0 Å². The van der Waals surface area contributed by atoms with Crippen LogP contribution in [0, 0.1) is 5.92 Å². The summed E-state index contributed by atoms with van der Waals surface area (Å²) in [5.74, 6) is -0.614. The Labute approximate surface area is 131 Å². The number of nitrogens with one attached hydrogen (secondary N) is 1. The van der Waals surface area contributed by atoms with Gasteiger partial charge >= 0.3 is 6.61 Å². The average molecular weight is 307 g/mol. The fraction of sp³-hybridized carbons (Fsp3) is 0.600. The molecule has 0 heterocycles. The maximum Gasteiger partial charge on any atom is 0.387 e. The van der Waals surface area contributed by atoms with Crippen molar-refractivity contribution in [3.63, 3.8) is 0 Å². The molecule has 1 aliphatic rings. The van der Waals surface area contributed by atoms with Crippen molar-refractivity contribution >= 4 is 0 Å². The molecule has 1 aromatic rings. The molecule has 6 heteroatoms. The summed E-state index contributed by atoms with van der Waals surface area (Å²) < 4.78 is 82.4. The van der Waals surface area contributed by atoms with Crippen molar-refractivity contribution in [3.8, 4) is 17.2 Å². The normalized spacial score (nSPS) is 19.8. The van der Waals surface area contributed by atoms with Gasteiger partial charge in [-0.2, -0.15) is 8.78 Å². The Kier molecular flexibility index (Phi) is 3.35. The Hall–Kier alpha value is -1.56. The molecule has 1 fully saturated rings. The van der Waals surface area contributed by atoms with E-state index in [4.69, 9.17) is 17.7 Å². The maximum atomic E-state index is 12.7. The van der Waals surface area contributed by atoms with E-state index >= 15 is 0 Å². The number of rotatable bonds is 9. The van der Waals surface area contributed by atoms with Gasteiger partial charge in [-0.15, -0.1) is 0 Å². The van der Waals surface area contributed by atoms with Crippen molar-refractivity contribution in [1.29, 1.82) is 0 Å². The molecular formula is C15H21F2NO3. The summed E-state index contributed by atoms with van der Waals surface area (Å²) in [4.78, 5) is 0. The van der Waals surface area contributed by atoms with E-state index < -0.39 is 32.2 Å². The molecule has 0 unspecified atom stereocenters. The Morgan fingerprint density at radius 2 is 2.00 bits per heavy atom. The van der Waals surface area contributed by atoms with Crippen LogP contribution in [0.15, 0.2) is 12.1 Å². The molecule has 1 aromatic carbocycles. The number of methoxy groups -OCH3 is 2. The van der Waals surface area contributed by atoms with Crippen LogP contribution >= 0.6 is 0 Å². The fourth-order valence-electron chi connectivity index (χ4n) is 1.99. The monoisotopic (exact) mass is 307 g/mol. The fourth-order valence-corrected chi connectivity index (χ4v) is 1.99. The van der Waals surface area contributed by atoms with Crippen LogP contribution in [0.1, 0.15) is 26.6 Å². The van der Waals surface area contributed by atoms with Gasteiger partial charge in [0, 0.05) is 6.07 Å². The topological polar surface area (TPSA) is 39.7 Å². The Morgan fingerprint density at radius 3 is 2.67 bits per heavy atom. The molecule has 2 rings (SSSR count). The van der Waals surface area contributed by atoms with Gasteiger partial charge in [0.05, 0.1) is 22.3 Å². The quantitative estimate of drug-likeness (QED) is 0.712. The van der Waals surface area contributed by atoms with E-state index in [1.807, 2.05) is 0 Å². The van der Waals surface area contributed by atoms with Gasteiger partial charge in [0.1, 0.15) is 5.75 Å². The van der Waals surface area contributed by atoms with Gasteiger partial charge in [-0.3, -0.25) is 0 Å². The highest BCUT2D eigenvalue weighted by Gasteiger charge is 2.20.